The predicted octanol–water partition coefficient (Wildman–Crippen LogP) is 3.19. The van der Waals surface area contributed by atoms with E-state index in [1.165, 1.54) is 47.0 Å². The Morgan fingerprint density at radius 1 is 1.08 bits per heavy atom. The van der Waals surface area contributed by atoms with Gasteiger partial charge in [-0.15, -0.1) is 0 Å². The summed E-state index contributed by atoms with van der Waals surface area (Å²) in [6.07, 6.45) is 1.00. The highest BCUT2D eigenvalue weighted by Gasteiger charge is 2.25. The summed E-state index contributed by atoms with van der Waals surface area (Å²) in [7, 11) is -3.80. The van der Waals surface area contributed by atoms with Crippen molar-refractivity contribution in [3.05, 3.63) is 81.1 Å². The number of fused-ring (bicyclic) bond motifs is 1. The van der Waals surface area contributed by atoms with Crippen molar-refractivity contribution in [2.45, 2.75) is 31.5 Å². The fourth-order valence-electron chi connectivity index (χ4n) is 4.19. The first kappa shape index (κ1) is 26.2. The van der Waals surface area contributed by atoms with Crippen molar-refractivity contribution >= 4 is 43.9 Å². The lowest BCUT2D eigenvalue weighted by Gasteiger charge is -2.19. The lowest BCUT2D eigenvalue weighted by Crippen LogP contribution is -2.28. The molecule has 2 aromatic carbocycles. The second kappa shape index (κ2) is 9.91. The fourth-order valence-corrected chi connectivity index (χ4v) is 5.20. The van der Waals surface area contributed by atoms with Gasteiger partial charge in [-0.05, 0) is 41.3 Å². The molecule has 0 unspecified atom stereocenters. The summed E-state index contributed by atoms with van der Waals surface area (Å²) >= 11 is 6.23. The summed E-state index contributed by atoms with van der Waals surface area (Å²) in [5.41, 5.74) is 5.73. The largest absolute Gasteiger partial charge is 0.368 e. The van der Waals surface area contributed by atoms with Crippen LogP contribution < -0.4 is 11.3 Å². The van der Waals surface area contributed by atoms with Crippen LogP contribution in [0.25, 0.3) is 21.9 Å². The Morgan fingerprint density at radius 3 is 2.35 bits per heavy atom. The summed E-state index contributed by atoms with van der Waals surface area (Å²) < 4.78 is 40.5. The van der Waals surface area contributed by atoms with Crippen LogP contribution in [-0.4, -0.2) is 40.7 Å². The molecule has 0 radical (unpaired) electrons. The van der Waals surface area contributed by atoms with E-state index in [1.807, 2.05) is 0 Å². The summed E-state index contributed by atoms with van der Waals surface area (Å²) in [5.74, 6) is -1.66. The topological polar surface area (TPSA) is 134 Å². The zero-order chi connectivity index (χ0) is 27.1. The van der Waals surface area contributed by atoms with Gasteiger partial charge in [0.15, 0.2) is 20.6 Å². The molecule has 0 aliphatic heterocycles. The van der Waals surface area contributed by atoms with Gasteiger partial charge >= 0.3 is 0 Å². The minimum Gasteiger partial charge on any atom is -0.368 e. The van der Waals surface area contributed by atoms with Gasteiger partial charge in [0, 0.05) is 34.7 Å². The van der Waals surface area contributed by atoms with E-state index in [2.05, 4.69) is 5.10 Å². The standard InChI is InChI=1S/C25H22ClFN4O5S/c1-3-20(32)24-23(14-4-7-16(27)8-5-14)19-10-15(26)6-9-18(19)25(34)30(24)12-17-11-22(37(2,35)36)31(29-17)13-21(28)33/h4-11H,3,12-13H2,1-2H3,(H2,28,33). The summed E-state index contributed by atoms with van der Waals surface area (Å²) in [6, 6.07) is 11.3. The number of pyridine rings is 1. The molecule has 37 heavy (non-hydrogen) atoms. The molecule has 2 aromatic heterocycles. The molecule has 0 spiro atoms. The second-order valence-corrected chi connectivity index (χ2v) is 10.9. The zero-order valence-corrected chi connectivity index (χ0v) is 21.4. The number of carbonyl (C=O) groups excluding carboxylic acids is 2. The number of aromatic nitrogens is 3. The van der Waals surface area contributed by atoms with E-state index in [-0.39, 0.29) is 40.5 Å². The molecule has 0 aliphatic carbocycles. The number of nitrogens with zero attached hydrogens (tertiary/aromatic N) is 3. The van der Waals surface area contributed by atoms with Crippen LogP contribution in [0.1, 0.15) is 29.5 Å². The van der Waals surface area contributed by atoms with Gasteiger partial charge in [0.05, 0.1) is 17.9 Å². The number of benzene rings is 2. The molecule has 9 nitrogen and oxygen atoms in total. The molecule has 2 heterocycles. The summed E-state index contributed by atoms with van der Waals surface area (Å²) in [6.45, 7) is 0.868. The number of ketones is 1. The Bertz CT molecular complexity index is 1730. The molecule has 0 saturated carbocycles. The number of carbonyl (C=O) groups is 2. The van der Waals surface area contributed by atoms with Crippen molar-refractivity contribution in [2.24, 2.45) is 5.73 Å². The SMILES string of the molecule is CCC(=O)c1c(-c2ccc(F)cc2)c2cc(Cl)ccc2c(=O)n1Cc1cc(S(C)(=O)=O)n(CC(N)=O)n1. The van der Waals surface area contributed by atoms with Crippen molar-refractivity contribution in [1.29, 1.82) is 0 Å². The van der Waals surface area contributed by atoms with Crippen molar-refractivity contribution in [3.63, 3.8) is 0 Å². The Kier molecular flexibility index (Phi) is 7.03. The molecule has 0 saturated heterocycles. The Balaban J connectivity index is 2.06. The van der Waals surface area contributed by atoms with Gasteiger partial charge in [0.25, 0.3) is 5.56 Å². The molecule has 0 aliphatic rings. The zero-order valence-electron chi connectivity index (χ0n) is 19.9. The van der Waals surface area contributed by atoms with E-state index in [1.54, 1.807) is 13.0 Å². The lowest BCUT2D eigenvalue weighted by atomic mass is 9.94. The molecule has 12 heteroatoms. The third kappa shape index (κ3) is 5.18. The molecular formula is C25H22ClFN4O5S. The average Bonchev–Trinajstić information content (AvgIpc) is 3.23. The normalized spacial score (nSPS) is 11.7. The summed E-state index contributed by atoms with van der Waals surface area (Å²) in [4.78, 5) is 38.4. The van der Waals surface area contributed by atoms with E-state index in [0.717, 1.165) is 10.9 Å². The van der Waals surface area contributed by atoms with E-state index in [9.17, 15) is 27.2 Å². The Morgan fingerprint density at radius 2 is 1.76 bits per heavy atom. The number of halogens is 2. The van der Waals surface area contributed by atoms with Crippen molar-refractivity contribution in [2.75, 3.05) is 6.26 Å². The van der Waals surface area contributed by atoms with Gasteiger partial charge in [-0.25, -0.2) is 17.5 Å². The van der Waals surface area contributed by atoms with E-state index < -0.39 is 33.7 Å². The maximum atomic E-state index is 13.7. The van der Waals surface area contributed by atoms with Crippen molar-refractivity contribution < 1.29 is 22.4 Å². The van der Waals surface area contributed by atoms with Crippen LogP contribution in [0.5, 0.6) is 0 Å². The minimum atomic E-state index is -3.80. The maximum absolute atomic E-state index is 13.7. The van der Waals surface area contributed by atoms with Crippen LogP contribution in [0.2, 0.25) is 5.02 Å². The molecule has 192 valence electrons. The molecule has 0 bridgehead atoms. The molecule has 2 N–H and O–H groups in total. The third-order valence-corrected chi connectivity index (χ3v) is 7.07. The molecule has 1 amide bonds. The highest BCUT2D eigenvalue weighted by Crippen LogP contribution is 2.33. The number of Topliss-reactive ketones (excluding diaryl/α,β-unsaturated/α-hetero) is 1. The smallest absolute Gasteiger partial charge is 0.259 e. The van der Waals surface area contributed by atoms with Crippen LogP contribution in [0, 0.1) is 5.82 Å². The number of hydrogen-bond acceptors (Lipinski definition) is 6. The van der Waals surface area contributed by atoms with Gasteiger partial charge in [0.1, 0.15) is 12.4 Å². The van der Waals surface area contributed by atoms with Gasteiger partial charge in [-0.3, -0.25) is 19.0 Å². The van der Waals surface area contributed by atoms with Crippen LogP contribution >= 0.6 is 11.6 Å². The van der Waals surface area contributed by atoms with E-state index >= 15 is 0 Å². The molecule has 0 fully saturated rings. The monoisotopic (exact) mass is 544 g/mol. The quantitative estimate of drug-likeness (QED) is 0.339. The second-order valence-electron chi connectivity index (χ2n) is 8.46. The predicted molar refractivity (Wildman–Crippen MR) is 137 cm³/mol. The van der Waals surface area contributed by atoms with Gasteiger partial charge in [-0.1, -0.05) is 30.7 Å². The van der Waals surface area contributed by atoms with Crippen molar-refractivity contribution in [3.8, 4) is 11.1 Å². The fraction of sp³-hybridized carbons (Fsp3) is 0.200. The third-order valence-electron chi connectivity index (χ3n) is 5.75. The van der Waals surface area contributed by atoms with Crippen LogP contribution in [0.15, 0.2) is 58.4 Å². The van der Waals surface area contributed by atoms with Crippen LogP contribution in [0.4, 0.5) is 4.39 Å². The van der Waals surface area contributed by atoms with Gasteiger partial charge in [0.2, 0.25) is 5.91 Å². The first-order chi connectivity index (χ1) is 17.4. The molecule has 4 aromatic rings. The summed E-state index contributed by atoms with van der Waals surface area (Å²) in [5, 5.41) is 4.92. The highest BCUT2D eigenvalue weighted by atomic mass is 35.5. The molecular weight excluding hydrogens is 523 g/mol. The molecule has 0 atom stereocenters. The maximum Gasteiger partial charge on any atom is 0.259 e. The van der Waals surface area contributed by atoms with Crippen LogP contribution in [-0.2, 0) is 27.7 Å². The minimum absolute atomic E-state index is 0.0410. The Hall–Kier alpha value is -3.83. The van der Waals surface area contributed by atoms with Crippen molar-refractivity contribution in [1.82, 2.24) is 14.3 Å². The molecule has 4 rings (SSSR count). The number of nitrogens with two attached hydrogens (primary N) is 1. The van der Waals surface area contributed by atoms with Crippen LogP contribution in [0.3, 0.4) is 0 Å². The first-order valence-electron chi connectivity index (χ1n) is 11.1. The lowest BCUT2D eigenvalue weighted by molar-refractivity contribution is -0.118. The van der Waals surface area contributed by atoms with E-state index in [4.69, 9.17) is 17.3 Å². The van der Waals surface area contributed by atoms with Gasteiger partial charge in [-0.2, -0.15) is 5.10 Å². The first-order valence-corrected chi connectivity index (χ1v) is 13.4. The Labute approximate surface area is 216 Å². The van der Waals surface area contributed by atoms with Gasteiger partial charge < -0.3 is 5.73 Å². The number of amides is 1. The van der Waals surface area contributed by atoms with E-state index in [0.29, 0.717) is 21.5 Å². The average molecular weight is 545 g/mol. The number of hydrogen-bond donors (Lipinski definition) is 1. The number of primary amides is 1. The number of rotatable bonds is 8. The number of sulfone groups is 1. The highest BCUT2D eigenvalue weighted by molar-refractivity contribution is 7.90.